The second-order valence-electron chi connectivity index (χ2n) is 10.8. The molecule has 3 aromatic carbocycles. The molecule has 0 bridgehead atoms. The Kier molecular flexibility index (Phi) is 7.64. The summed E-state index contributed by atoms with van der Waals surface area (Å²) in [5.41, 5.74) is 8.46. The van der Waals surface area contributed by atoms with Crippen LogP contribution >= 0.6 is 0 Å². The molecule has 3 heteroatoms. The number of carbonyl (C=O) groups is 1. The van der Waals surface area contributed by atoms with E-state index in [-0.39, 0.29) is 11.8 Å². The van der Waals surface area contributed by atoms with Crippen LogP contribution < -0.4 is 9.80 Å². The summed E-state index contributed by atoms with van der Waals surface area (Å²) < 4.78 is 0. The van der Waals surface area contributed by atoms with E-state index in [1.54, 1.807) is 0 Å². The predicted octanol–water partition coefficient (Wildman–Crippen LogP) is 7.65. The van der Waals surface area contributed by atoms with Gasteiger partial charge in [0, 0.05) is 25.5 Å². The highest BCUT2D eigenvalue weighted by Gasteiger charge is 2.31. The van der Waals surface area contributed by atoms with Crippen molar-refractivity contribution in [2.45, 2.75) is 71.3 Å². The van der Waals surface area contributed by atoms with Crippen LogP contribution in [0, 0.1) is 0 Å². The van der Waals surface area contributed by atoms with Crippen molar-refractivity contribution >= 4 is 17.3 Å². The van der Waals surface area contributed by atoms with Crippen LogP contribution in [0.25, 0.3) is 0 Å². The quantitative estimate of drug-likeness (QED) is 0.355. The molecule has 4 rings (SSSR count). The average Bonchev–Trinajstić information content (AvgIpc) is 2.86. The molecule has 1 aliphatic rings. The van der Waals surface area contributed by atoms with Crippen molar-refractivity contribution in [3.63, 3.8) is 0 Å². The third-order valence-electron chi connectivity index (χ3n) is 7.38. The summed E-state index contributed by atoms with van der Waals surface area (Å²) in [4.78, 5) is 18.4. The highest BCUT2D eigenvalue weighted by Crippen LogP contribution is 2.36. The Morgan fingerprint density at radius 3 is 2.03 bits per heavy atom. The first-order valence-electron chi connectivity index (χ1n) is 13.0. The molecule has 0 radical (unpaired) electrons. The van der Waals surface area contributed by atoms with Gasteiger partial charge in [-0.15, -0.1) is 0 Å². The lowest BCUT2D eigenvalue weighted by Gasteiger charge is -2.32. The zero-order valence-electron chi connectivity index (χ0n) is 22.2. The van der Waals surface area contributed by atoms with Crippen molar-refractivity contribution in [2.24, 2.45) is 0 Å². The summed E-state index contributed by atoms with van der Waals surface area (Å²) in [5, 5.41) is 0. The molecule has 3 nitrogen and oxygen atoms in total. The van der Waals surface area contributed by atoms with Crippen LogP contribution in [0.5, 0.6) is 0 Å². The van der Waals surface area contributed by atoms with Gasteiger partial charge in [-0.2, -0.15) is 0 Å². The highest BCUT2D eigenvalue weighted by molar-refractivity contribution is 5.98. The van der Waals surface area contributed by atoms with Gasteiger partial charge in [-0.1, -0.05) is 70.2 Å². The molecule has 3 aromatic rings. The van der Waals surface area contributed by atoms with Gasteiger partial charge in [0.05, 0.1) is 12.5 Å². The number of carbonyl (C=O) groups excluding carboxylic acids is 1. The van der Waals surface area contributed by atoms with E-state index in [1.165, 1.54) is 22.3 Å². The van der Waals surface area contributed by atoms with Gasteiger partial charge in [0.2, 0.25) is 5.91 Å². The molecule has 0 fully saturated rings. The lowest BCUT2D eigenvalue weighted by molar-refractivity contribution is -0.120. The monoisotopic (exact) mass is 468 g/mol. The molecule has 35 heavy (non-hydrogen) atoms. The van der Waals surface area contributed by atoms with E-state index in [0.717, 1.165) is 36.2 Å². The molecule has 1 aliphatic carbocycles. The largest absolute Gasteiger partial charge is 0.378 e. The molecule has 1 atom stereocenters. The van der Waals surface area contributed by atoms with Crippen molar-refractivity contribution in [1.29, 1.82) is 0 Å². The van der Waals surface area contributed by atoms with Crippen LogP contribution in [0.15, 0.2) is 66.7 Å². The summed E-state index contributed by atoms with van der Waals surface area (Å²) in [6.07, 6.45) is 3.03. The minimum absolute atomic E-state index is 0.0942. The van der Waals surface area contributed by atoms with Crippen LogP contribution in [0.2, 0.25) is 0 Å². The maximum Gasteiger partial charge on any atom is 0.234 e. The Labute approximate surface area is 211 Å². The normalized spacial score (nSPS) is 15.3. The van der Waals surface area contributed by atoms with Crippen LogP contribution in [0.4, 0.5) is 11.4 Å². The first kappa shape index (κ1) is 25.0. The van der Waals surface area contributed by atoms with Crippen LogP contribution in [-0.4, -0.2) is 20.0 Å². The van der Waals surface area contributed by atoms with Crippen molar-refractivity contribution in [3.05, 3.63) is 94.5 Å². The van der Waals surface area contributed by atoms with E-state index >= 15 is 0 Å². The molecule has 1 amide bonds. The maximum absolute atomic E-state index is 14.3. The van der Waals surface area contributed by atoms with Crippen LogP contribution in [0.1, 0.15) is 86.1 Å². The third-order valence-corrected chi connectivity index (χ3v) is 7.38. The molecule has 0 saturated carbocycles. The molecule has 0 saturated heterocycles. The summed E-state index contributed by atoms with van der Waals surface area (Å²) in [6.45, 7) is 9.43. The molecular weight excluding hydrogens is 428 g/mol. The number of hydrogen-bond donors (Lipinski definition) is 0. The van der Waals surface area contributed by atoms with Gasteiger partial charge in [-0.3, -0.25) is 4.79 Å². The lowest BCUT2D eigenvalue weighted by atomic mass is 9.80. The Balaban J connectivity index is 1.71. The maximum atomic E-state index is 14.3. The number of benzene rings is 3. The smallest absolute Gasteiger partial charge is 0.234 e. The molecule has 0 N–H and O–H groups in total. The van der Waals surface area contributed by atoms with Crippen LogP contribution in [-0.2, 0) is 17.8 Å². The standard InChI is InChI=1S/C32H40N2O/c1-22(2)25-14-18-29(19-15-25)34(21-24-10-16-28(17-11-24)33(5)6)32(35)30-9-7-8-26-12-13-27(23(3)4)20-31(26)30/h10-20,22-23,30H,7-9,21H2,1-6H3. The minimum Gasteiger partial charge on any atom is -0.378 e. The van der Waals surface area contributed by atoms with Gasteiger partial charge < -0.3 is 9.80 Å². The molecule has 0 aliphatic heterocycles. The SMILES string of the molecule is CC(C)c1ccc(N(Cc2ccc(N(C)C)cc2)C(=O)C2CCCc3ccc(C(C)C)cc32)cc1. The van der Waals surface area contributed by atoms with Gasteiger partial charge in [-0.25, -0.2) is 0 Å². The second kappa shape index (κ2) is 10.7. The zero-order chi connectivity index (χ0) is 25.1. The Morgan fingerprint density at radius 1 is 0.829 bits per heavy atom. The van der Waals surface area contributed by atoms with Crippen molar-refractivity contribution < 1.29 is 4.79 Å². The van der Waals surface area contributed by atoms with Crippen molar-refractivity contribution in [1.82, 2.24) is 0 Å². The Hall–Kier alpha value is -3.07. The van der Waals surface area contributed by atoms with Gasteiger partial charge in [-0.05, 0) is 83.2 Å². The summed E-state index contributed by atoms with van der Waals surface area (Å²) in [6, 6.07) is 23.9. The number of anilines is 2. The van der Waals surface area contributed by atoms with E-state index in [9.17, 15) is 4.79 Å². The van der Waals surface area contributed by atoms with Gasteiger partial charge in [0.15, 0.2) is 0 Å². The average molecular weight is 469 g/mol. The van der Waals surface area contributed by atoms with Gasteiger partial charge >= 0.3 is 0 Å². The van der Waals surface area contributed by atoms with E-state index < -0.39 is 0 Å². The molecule has 1 unspecified atom stereocenters. The molecule has 0 aromatic heterocycles. The first-order chi connectivity index (χ1) is 16.7. The molecule has 184 valence electrons. The Bertz CT molecular complexity index is 1140. The number of nitrogens with zero attached hydrogens (tertiary/aromatic N) is 2. The van der Waals surface area contributed by atoms with Gasteiger partial charge in [0.1, 0.15) is 0 Å². The number of aryl methyl sites for hydroxylation is 1. The number of rotatable bonds is 7. The number of hydrogen-bond acceptors (Lipinski definition) is 2. The number of fused-ring (bicyclic) bond motifs is 1. The van der Waals surface area contributed by atoms with Crippen molar-refractivity contribution in [2.75, 3.05) is 23.9 Å². The first-order valence-corrected chi connectivity index (χ1v) is 13.0. The third kappa shape index (κ3) is 5.61. The highest BCUT2D eigenvalue weighted by atomic mass is 16.2. The van der Waals surface area contributed by atoms with Crippen molar-refractivity contribution in [3.8, 4) is 0 Å². The summed E-state index contributed by atoms with van der Waals surface area (Å²) in [5.74, 6) is 1.03. The Morgan fingerprint density at radius 2 is 1.43 bits per heavy atom. The molecule has 0 heterocycles. The van der Waals surface area contributed by atoms with E-state index in [4.69, 9.17) is 0 Å². The zero-order valence-corrected chi connectivity index (χ0v) is 22.2. The lowest BCUT2D eigenvalue weighted by Crippen LogP contribution is -2.36. The van der Waals surface area contributed by atoms with E-state index in [2.05, 4.69) is 99.3 Å². The summed E-state index contributed by atoms with van der Waals surface area (Å²) in [7, 11) is 4.10. The molecular formula is C32H40N2O. The fourth-order valence-electron chi connectivity index (χ4n) is 5.04. The topological polar surface area (TPSA) is 23.6 Å². The van der Waals surface area contributed by atoms with E-state index in [0.29, 0.717) is 18.4 Å². The molecule has 0 spiro atoms. The summed E-state index contributed by atoms with van der Waals surface area (Å²) >= 11 is 0. The fraction of sp³-hybridized carbons (Fsp3) is 0.406. The fourth-order valence-corrected chi connectivity index (χ4v) is 5.04. The number of amides is 1. The van der Waals surface area contributed by atoms with Crippen LogP contribution in [0.3, 0.4) is 0 Å². The minimum atomic E-state index is -0.0942. The predicted molar refractivity (Wildman–Crippen MR) is 149 cm³/mol. The second-order valence-corrected chi connectivity index (χ2v) is 10.8. The van der Waals surface area contributed by atoms with E-state index in [1.807, 2.05) is 19.0 Å². The van der Waals surface area contributed by atoms with Gasteiger partial charge in [0.25, 0.3) is 0 Å².